The zero-order chi connectivity index (χ0) is 15.2. The molecule has 0 atom stereocenters. The van der Waals surface area contributed by atoms with Gasteiger partial charge in [0.25, 0.3) is 0 Å². The Morgan fingerprint density at radius 1 is 1.10 bits per heavy atom. The molecular weight excluding hydrogens is 266 g/mol. The summed E-state index contributed by atoms with van der Waals surface area (Å²) >= 11 is 0. The summed E-state index contributed by atoms with van der Waals surface area (Å²) in [6, 6.07) is 14.5. The van der Waals surface area contributed by atoms with Gasteiger partial charge >= 0.3 is 6.09 Å². The van der Waals surface area contributed by atoms with Gasteiger partial charge in [-0.25, -0.2) is 4.79 Å². The number of rotatable bonds is 4. The molecule has 0 radical (unpaired) electrons. The average molecular weight is 283 g/mol. The summed E-state index contributed by atoms with van der Waals surface area (Å²) in [4.78, 5) is 23.0. The van der Waals surface area contributed by atoms with Crippen LogP contribution in [0, 0.1) is 6.92 Å². The summed E-state index contributed by atoms with van der Waals surface area (Å²) in [6.07, 6.45) is -0.545. The monoisotopic (exact) mass is 283 g/mol. The Hall–Kier alpha value is -2.62. The van der Waals surface area contributed by atoms with Crippen LogP contribution in [0.3, 0.4) is 0 Å². The average Bonchev–Trinajstić information content (AvgIpc) is 2.47. The number of ether oxygens (including phenoxy) is 1. The minimum atomic E-state index is -0.545. The van der Waals surface area contributed by atoms with Crippen molar-refractivity contribution in [2.75, 3.05) is 5.32 Å². The molecule has 2 rings (SSSR count). The molecule has 0 spiro atoms. The first-order chi connectivity index (χ1) is 10.0. The fourth-order valence-corrected chi connectivity index (χ4v) is 1.80. The molecule has 0 heterocycles. The number of ketones is 1. The molecular formula is C17H17NO3. The molecule has 4 nitrogen and oxygen atoms in total. The Morgan fingerprint density at radius 3 is 2.48 bits per heavy atom. The molecule has 0 aliphatic heterocycles. The van der Waals surface area contributed by atoms with Gasteiger partial charge in [0.1, 0.15) is 6.61 Å². The van der Waals surface area contributed by atoms with Gasteiger partial charge in [-0.1, -0.05) is 42.0 Å². The maximum absolute atomic E-state index is 11.7. The fourth-order valence-electron chi connectivity index (χ4n) is 1.80. The van der Waals surface area contributed by atoms with Gasteiger partial charge in [-0.15, -0.1) is 0 Å². The summed E-state index contributed by atoms with van der Waals surface area (Å²) in [5, 5.41) is 2.61. The number of nitrogens with one attached hydrogen (secondary N) is 1. The van der Waals surface area contributed by atoms with Crippen LogP contribution in [-0.2, 0) is 11.3 Å². The number of Topliss-reactive ketones (excluding diaryl/α,β-unsaturated/α-hetero) is 1. The zero-order valence-corrected chi connectivity index (χ0v) is 12.1. The molecule has 0 aliphatic rings. The number of carbonyl (C=O) groups excluding carboxylic acids is 2. The molecule has 1 amide bonds. The number of hydrogen-bond acceptors (Lipinski definition) is 3. The summed E-state index contributed by atoms with van der Waals surface area (Å²) in [5.41, 5.74) is 3.17. The Labute approximate surface area is 123 Å². The first kappa shape index (κ1) is 14.8. The van der Waals surface area contributed by atoms with Crippen molar-refractivity contribution >= 4 is 17.6 Å². The third kappa shape index (κ3) is 4.45. The van der Waals surface area contributed by atoms with Gasteiger partial charge in [0, 0.05) is 11.3 Å². The van der Waals surface area contributed by atoms with Gasteiger partial charge in [-0.2, -0.15) is 0 Å². The van der Waals surface area contributed by atoms with Gasteiger partial charge in [0.2, 0.25) is 0 Å². The van der Waals surface area contributed by atoms with Gasteiger partial charge < -0.3 is 4.74 Å². The predicted octanol–water partition coefficient (Wildman–Crippen LogP) is 3.95. The summed E-state index contributed by atoms with van der Waals surface area (Å²) in [7, 11) is 0. The highest BCUT2D eigenvalue weighted by Crippen LogP contribution is 2.12. The second-order valence-corrected chi connectivity index (χ2v) is 4.82. The van der Waals surface area contributed by atoms with E-state index in [0.29, 0.717) is 11.3 Å². The van der Waals surface area contributed by atoms with Crippen molar-refractivity contribution < 1.29 is 14.3 Å². The SMILES string of the molecule is CC(=O)c1cccc(NC(=O)OCc2ccc(C)cc2)c1. The molecule has 2 aromatic carbocycles. The highest BCUT2D eigenvalue weighted by molar-refractivity contribution is 5.96. The summed E-state index contributed by atoms with van der Waals surface area (Å²) < 4.78 is 5.14. The molecule has 0 aliphatic carbocycles. The number of carbonyl (C=O) groups is 2. The van der Waals surface area contributed by atoms with Crippen LogP contribution < -0.4 is 5.32 Å². The molecule has 0 saturated carbocycles. The van der Waals surface area contributed by atoms with Crippen LogP contribution in [0.2, 0.25) is 0 Å². The molecule has 0 unspecified atom stereocenters. The molecule has 1 N–H and O–H groups in total. The third-order valence-electron chi connectivity index (χ3n) is 3.01. The smallest absolute Gasteiger partial charge is 0.411 e. The largest absolute Gasteiger partial charge is 0.444 e. The van der Waals surface area contributed by atoms with Crippen molar-refractivity contribution in [3.05, 3.63) is 65.2 Å². The van der Waals surface area contributed by atoms with Crippen LogP contribution in [0.1, 0.15) is 28.4 Å². The number of hydrogen-bond donors (Lipinski definition) is 1. The van der Waals surface area contributed by atoms with E-state index in [1.807, 2.05) is 31.2 Å². The Bertz CT molecular complexity index is 647. The first-order valence-electron chi connectivity index (χ1n) is 6.65. The molecule has 4 heteroatoms. The number of anilines is 1. The van der Waals surface area contributed by atoms with Crippen LogP contribution >= 0.6 is 0 Å². The Balaban J connectivity index is 1.91. The highest BCUT2D eigenvalue weighted by atomic mass is 16.5. The summed E-state index contributed by atoms with van der Waals surface area (Å²) in [6.45, 7) is 3.69. The molecule has 0 aromatic heterocycles. The van der Waals surface area contributed by atoms with Crippen molar-refractivity contribution in [3.63, 3.8) is 0 Å². The number of amides is 1. The van der Waals surface area contributed by atoms with Crippen LogP contribution in [0.5, 0.6) is 0 Å². The van der Waals surface area contributed by atoms with E-state index in [0.717, 1.165) is 11.1 Å². The fraction of sp³-hybridized carbons (Fsp3) is 0.176. The van der Waals surface area contributed by atoms with Crippen molar-refractivity contribution in [1.82, 2.24) is 0 Å². The van der Waals surface area contributed by atoms with Gasteiger partial charge in [-0.3, -0.25) is 10.1 Å². The predicted molar refractivity (Wildman–Crippen MR) is 81.4 cm³/mol. The Morgan fingerprint density at radius 2 is 1.81 bits per heavy atom. The lowest BCUT2D eigenvalue weighted by Crippen LogP contribution is -2.13. The minimum Gasteiger partial charge on any atom is -0.444 e. The van der Waals surface area contributed by atoms with Crippen LogP contribution in [0.25, 0.3) is 0 Å². The zero-order valence-electron chi connectivity index (χ0n) is 12.1. The van der Waals surface area contributed by atoms with E-state index in [1.165, 1.54) is 6.92 Å². The lowest BCUT2D eigenvalue weighted by molar-refractivity contribution is 0.101. The number of aryl methyl sites for hydroxylation is 1. The standard InChI is InChI=1S/C17H17NO3/c1-12-6-8-14(9-7-12)11-21-17(20)18-16-5-3-4-15(10-16)13(2)19/h3-10H,11H2,1-2H3,(H,18,20). The molecule has 0 fully saturated rings. The molecule has 2 aromatic rings. The normalized spacial score (nSPS) is 10.0. The lowest BCUT2D eigenvalue weighted by Gasteiger charge is -2.08. The molecule has 21 heavy (non-hydrogen) atoms. The first-order valence-corrected chi connectivity index (χ1v) is 6.65. The van der Waals surface area contributed by atoms with E-state index in [2.05, 4.69) is 5.32 Å². The topological polar surface area (TPSA) is 55.4 Å². The van der Waals surface area contributed by atoms with Gasteiger partial charge in [0.15, 0.2) is 5.78 Å². The van der Waals surface area contributed by atoms with E-state index in [4.69, 9.17) is 4.74 Å². The van der Waals surface area contributed by atoms with E-state index in [-0.39, 0.29) is 12.4 Å². The molecule has 0 bridgehead atoms. The second-order valence-electron chi connectivity index (χ2n) is 4.82. The minimum absolute atomic E-state index is 0.0494. The van der Waals surface area contributed by atoms with Crippen molar-refractivity contribution in [3.8, 4) is 0 Å². The summed E-state index contributed by atoms with van der Waals surface area (Å²) in [5.74, 6) is -0.0494. The van der Waals surface area contributed by atoms with Crippen LogP contribution in [-0.4, -0.2) is 11.9 Å². The van der Waals surface area contributed by atoms with E-state index in [9.17, 15) is 9.59 Å². The van der Waals surface area contributed by atoms with E-state index in [1.54, 1.807) is 24.3 Å². The third-order valence-corrected chi connectivity index (χ3v) is 3.01. The number of benzene rings is 2. The maximum Gasteiger partial charge on any atom is 0.411 e. The van der Waals surface area contributed by atoms with Crippen LogP contribution in [0.4, 0.5) is 10.5 Å². The van der Waals surface area contributed by atoms with Gasteiger partial charge in [-0.05, 0) is 31.5 Å². The van der Waals surface area contributed by atoms with Crippen molar-refractivity contribution in [1.29, 1.82) is 0 Å². The Kier molecular flexibility index (Phi) is 4.72. The molecule has 108 valence electrons. The van der Waals surface area contributed by atoms with Gasteiger partial charge in [0.05, 0.1) is 0 Å². The second kappa shape index (κ2) is 6.70. The highest BCUT2D eigenvalue weighted by Gasteiger charge is 2.06. The van der Waals surface area contributed by atoms with E-state index < -0.39 is 6.09 Å². The van der Waals surface area contributed by atoms with Crippen molar-refractivity contribution in [2.24, 2.45) is 0 Å². The van der Waals surface area contributed by atoms with E-state index >= 15 is 0 Å². The van der Waals surface area contributed by atoms with Crippen LogP contribution in [0.15, 0.2) is 48.5 Å². The molecule has 0 saturated heterocycles. The maximum atomic E-state index is 11.7. The lowest BCUT2D eigenvalue weighted by atomic mass is 10.1. The quantitative estimate of drug-likeness (QED) is 0.864. The van der Waals surface area contributed by atoms with Crippen molar-refractivity contribution in [2.45, 2.75) is 20.5 Å².